The summed E-state index contributed by atoms with van der Waals surface area (Å²) in [6, 6.07) is 7.63. The van der Waals surface area contributed by atoms with E-state index < -0.39 is 0 Å². The number of carbonyl (C=O) groups excluding carboxylic acids is 1. The Bertz CT molecular complexity index is 292. The van der Waals surface area contributed by atoms with Crippen molar-refractivity contribution >= 4 is 5.78 Å². The molecular weight excluding hydrogens is 226 g/mol. The van der Waals surface area contributed by atoms with Crippen LogP contribution in [-0.2, 0) is 4.79 Å². The molecule has 3 heteroatoms. The molecule has 0 radical (unpaired) electrons. The van der Waals surface area contributed by atoms with Crippen LogP contribution in [0.4, 0.5) is 0 Å². The van der Waals surface area contributed by atoms with Gasteiger partial charge in [0.05, 0.1) is 0 Å². The Kier molecular flexibility index (Phi) is 14.5. The number of carbonyl (C=O) groups is 1. The van der Waals surface area contributed by atoms with E-state index in [0.717, 1.165) is 18.7 Å². The van der Waals surface area contributed by atoms with E-state index in [2.05, 4.69) is 6.92 Å². The number of hydrogen-bond donors (Lipinski definition) is 1. The summed E-state index contributed by atoms with van der Waals surface area (Å²) in [5.41, 5.74) is 6.21. The van der Waals surface area contributed by atoms with Crippen molar-refractivity contribution in [1.82, 2.24) is 0 Å². The van der Waals surface area contributed by atoms with E-state index in [9.17, 15) is 4.79 Å². The van der Waals surface area contributed by atoms with Gasteiger partial charge in [-0.3, -0.25) is 4.79 Å². The number of hydrogen-bond acceptors (Lipinski definition) is 3. The second-order valence-electron chi connectivity index (χ2n) is 3.59. The highest BCUT2D eigenvalue weighted by molar-refractivity contribution is 5.77. The molecule has 0 saturated carbocycles. The van der Waals surface area contributed by atoms with Crippen molar-refractivity contribution in [2.75, 3.05) is 13.2 Å². The standard InChI is InChI=1S/C10H12O2.C3H9N.C2H6/c1-8-3-5-10(6-4-8)12-7-9(2)11;1-2-3-4;1-2/h3-6H,7H2,1-2H3;2-4H2,1H3;1-2H3. The summed E-state index contributed by atoms with van der Waals surface area (Å²) in [4.78, 5) is 10.6. The fourth-order valence-corrected chi connectivity index (χ4v) is 0.819. The first-order valence-corrected chi connectivity index (χ1v) is 6.49. The summed E-state index contributed by atoms with van der Waals surface area (Å²) in [5, 5.41) is 0. The molecule has 0 atom stereocenters. The van der Waals surface area contributed by atoms with Gasteiger partial charge in [0.25, 0.3) is 0 Å². The van der Waals surface area contributed by atoms with Gasteiger partial charge < -0.3 is 10.5 Å². The summed E-state index contributed by atoms with van der Waals surface area (Å²) in [6.07, 6.45) is 1.10. The summed E-state index contributed by atoms with van der Waals surface area (Å²) in [5.74, 6) is 0.784. The smallest absolute Gasteiger partial charge is 0.167 e. The van der Waals surface area contributed by atoms with Crippen LogP contribution in [-0.4, -0.2) is 18.9 Å². The van der Waals surface area contributed by atoms with Crippen LogP contribution in [0.2, 0.25) is 0 Å². The van der Waals surface area contributed by atoms with Crippen molar-refractivity contribution in [3.05, 3.63) is 29.8 Å². The molecule has 0 bridgehead atoms. The molecule has 0 unspecified atom stereocenters. The number of aryl methyl sites for hydroxylation is 1. The van der Waals surface area contributed by atoms with Crippen LogP contribution in [0.25, 0.3) is 0 Å². The molecule has 0 aliphatic heterocycles. The Morgan fingerprint density at radius 2 is 1.67 bits per heavy atom. The first-order valence-electron chi connectivity index (χ1n) is 6.49. The normalized spacial score (nSPS) is 8.33. The highest BCUT2D eigenvalue weighted by atomic mass is 16.5. The van der Waals surface area contributed by atoms with Gasteiger partial charge in [0.1, 0.15) is 12.4 Å². The lowest BCUT2D eigenvalue weighted by Crippen LogP contribution is -2.06. The topological polar surface area (TPSA) is 52.3 Å². The van der Waals surface area contributed by atoms with Crippen LogP contribution in [0, 0.1) is 6.92 Å². The molecule has 1 aromatic carbocycles. The molecule has 0 spiro atoms. The van der Waals surface area contributed by atoms with Gasteiger partial charge in [0.15, 0.2) is 5.78 Å². The molecule has 1 rings (SSSR count). The highest BCUT2D eigenvalue weighted by Crippen LogP contribution is 2.10. The van der Waals surface area contributed by atoms with E-state index in [1.807, 2.05) is 45.0 Å². The van der Waals surface area contributed by atoms with Gasteiger partial charge in [-0.1, -0.05) is 38.5 Å². The largest absolute Gasteiger partial charge is 0.486 e. The highest BCUT2D eigenvalue weighted by Gasteiger charge is 1.94. The SMILES string of the molecule is CC.CC(=O)COc1ccc(C)cc1.CCCN. The fraction of sp³-hybridized carbons (Fsp3) is 0.533. The van der Waals surface area contributed by atoms with E-state index in [-0.39, 0.29) is 12.4 Å². The summed E-state index contributed by atoms with van der Waals surface area (Å²) < 4.78 is 5.17. The van der Waals surface area contributed by atoms with Gasteiger partial charge in [0.2, 0.25) is 0 Å². The Labute approximate surface area is 111 Å². The molecule has 0 aromatic heterocycles. The molecule has 2 N–H and O–H groups in total. The maximum absolute atomic E-state index is 10.6. The van der Waals surface area contributed by atoms with Crippen LogP contribution in [0.1, 0.15) is 39.7 Å². The van der Waals surface area contributed by atoms with E-state index in [4.69, 9.17) is 10.5 Å². The maximum atomic E-state index is 10.6. The fourth-order valence-electron chi connectivity index (χ4n) is 0.819. The Hall–Kier alpha value is -1.35. The van der Waals surface area contributed by atoms with Crippen LogP contribution in [0.5, 0.6) is 5.75 Å². The van der Waals surface area contributed by atoms with Crippen LogP contribution < -0.4 is 10.5 Å². The third kappa shape index (κ3) is 12.7. The van der Waals surface area contributed by atoms with Gasteiger partial charge in [-0.05, 0) is 38.9 Å². The average molecular weight is 253 g/mol. The van der Waals surface area contributed by atoms with Crippen molar-refractivity contribution in [3.8, 4) is 5.75 Å². The number of ketones is 1. The number of ether oxygens (including phenoxy) is 1. The Balaban J connectivity index is 0. The van der Waals surface area contributed by atoms with E-state index in [0.29, 0.717) is 0 Å². The van der Waals surface area contributed by atoms with E-state index in [1.54, 1.807) is 0 Å². The van der Waals surface area contributed by atoms with Crippen molar-refractivity contribution < 1.29 is 9.53 Å². The third-order valence-electron chi connectivity index (χ3n) is 1.75. The van der Waals surface area contributed by atoms with Crippen molar-refractivity contribution in [2.45, 2.75) is 41.0 Å². The first-order chi connectivity index (χ1) is 8.60. The van der Waals surface area contributed by atoms with Crippen molar-refractivity contribution in [3.63, 3.8) is 0 Å². The molecular formula is C15H27NO2. The van der Waals surface area contributed by atoms with Gasteiger partial charge in [0, 0.05) is 0 Å². The lowest BCUT2D eigenvalue weighted by molar-refractivity contribution is -0.118. The molecule has 104 valence electrons. The Morgan fingerprint density at radius 3 is 2.00 bits per heavy atom. The molecule has 0 heterocycles. The molecule has 3 nitrogen and oxygen atoms in total. The minimum Gasteiger partial charge on any atom is -0.486 e. The second kappa shape index (κ2) is 13.7. The monoisotopic (exact) mass is 253 g/mol. The lowest BCUT2D eigenvalue weighted by atomic mass is 10.2. The summed E-state index contributed by atoms with van der Waals surface area (Å²) >= 11 is 0. The van der Waals surface area contributed by atoms with Crippen molar-refractivity contribution in [2.24, 2.45) is 5.73 Å². The van der Waals surface area contributed by atoms with Crippen LogP contribution >= 0.6 is 0 Å². The summed E-state index contributed by atoms with van der Waals surface area (Å²) in [7, 11) is 0. The van der Waals surface area contributed by atoms with Gasteiger partial charge in [-0.2, -0.15) is 0 Å². The van der Waals surface area contributed by atoms with Gasteiger partial charge in [-0.15, -0.1) is 0 Å². The van der Waals surface area contributed by atoms with Crippen LogP contribution in [0.3, 0.4) is 0 Å². The first kappa shape index (κ1) is 19.0. The van der Waals surface area contributed by atoms with E-state index >= 15 is 0 Å². The Morgan fingerprint density at radius 1 is 1.22 bits per heavy atom. The van der Waals surface area contributed by atoms with Crippen LogP contribution in [0.15, 0.2) is 24.3 Å². The minimum absolute atomic E-state index is 0.0376. The minimum atomic E-state index is 0.0376. The zero-order chi connectivity index (χ0) is 14.4. The number of rotatable bonds is 4. The predicted molar refractivity (Wildman–Crippen MR) is 78.0 cm³/mol. The molecule has 0 aliphatic carbocycles. The molecule has 0 aliphatic rings. The number of nitrogens with two attached hydrogens (primary N) is 1. The predicted octanol–water partition coefficient (Wildman–Crippen LogP) is 3.34. The zero-order valence-corrected chi connectivity index (χ0v) is 12.3. The molecule has 0 amide bonds. The number of benzene rings is 1. The molecule has 0 saturated heterocycles. The molecule has 18 heavy (non-hydrogen) atoms. The van der Waals surface area contributed by atoms with Gasteiger partial charge in [-0.25, -0.2) is 0 Å². The lowest BCUT2D eigenvalue weighted by Gasteiger charge is -2.02. The molecule has 0 fully saturated rings. The number of Topliss-reactive ketones (excluding diaryl/α,β-unsaturated/α-hetero) is 1. The summed E-state index contributed by atoms with van der Waals surface area (Å²) in [6.45, 7) is 10.5. The zero-order valence-electron chi connectivity index (χ0n) is 12.3. The second-order valence-corrected chi connectivity index (χ2v) is 3.59. The maximum Gasteiger partial charge on any atom is 0.167 e. The van der Waals surface area contributed by atoms with Crippen molar-refractivity contribution in [1.29, 1.82) is 0 Å². The average Bonchev–Trinajstić information content (AvgIpc) is 2.40. The molecule has 1 aromatic rings. The van der Waals surface area contributed by atoms with E-state index in [1.165, 1.54) is 12.5 Å². The third-order valence-corrected chi connectivity index (χ3v) is 1.75. The van der Waals surface area contributed by atoms with Gasteiger partial charge >= 0.3 is 0 Å². The quantitative estimate of drug-likeness (QED) is 0.895.